The van der Waals surface area contributed by atoms with Gasteiger partial charge in [-0.15, -0.1) is 0 Å². The van der Waals surface area contributed by atoms with Crippen molar-refractivity contribution in [2.45, 2.75) is 9.79 Å². The minimum atomic E-state index is -4.85. The molecule has 1 rings (SSSR count). The maximum Gasteiger partial charge on any atom is 0.299 e. The third kappa shape index (κ3) is 2.50. The summed E-state index contributed by atoms with van der Waals surface area (Å²) in [5, 5.41) is 0. The molecule has 0 heterocycles. The second-order valence-electron chi connectivity index (χ2n) is 2.65. The minimum absolute atomic E-state index is 0.408. The Morgan fingerprint density at radius 3 is 2.12 bits per heavy atom. The molecule has 0 aliphatic heterocycles. The van der Waals surface area contributed by atoms with Crippen molar-refractivity contribution in [1.29, 1.82) is 0 Å². The zero-order valence-corrected chi connectivity index (χ0v) is 9.54. The van der Waals surface area contributed by atoms with Gasteiger partial charge in [0.1, 0.15) is 10.6 Å². The quantitative estimate of drug-likeness (QED) is 0.739. The highest BCUT2D eigenvalue weighted by atomic mass is 32.2. The number of rotatable bonds is 3. The standard InChI is InChI=1S/C7H7O7S2/c1-14-5-3-2-4-6(15(8,9)10)7(5)16(11,12)13/h2-3H,1H3,(H,8,9,10)(H,11,12,13). The Bertz CT molecular complexity index is 600. The Labute approximate surface area is 92.2 Å². The van der Waals surface area contributed by atoms with E-state index < -0.39 is 35.8 Å². The third-order valence-corrected chi connectivity index (χ3v) is 3.50. The Morgan fingerprint density at radius 1 is 1.19 bits per heavy atom. The predicted octanol–water partition coefficient (Wildman–Crippen LogP) is -0.0112. The van der Waals surface area contributed by atoms with E-state index >= 15 is 0 Å². The van der Waals surface area contributed by atoms with Crippen LogP contribution < -0.4 is 4.74 Å². The summed E-state index contributed by atoms with van der Waals surface area (Å²) >= 11 is 0. The summed E-state index contributed by atoms with van der Waals surface area (Å²) in [4.78, 5) is -2.10. The van der Waals surface area contributed by atoms with Crippen LogP contribution in [0.2, 0.25) is 0 Å². The number of ether oxygens (including phenoxy) is 1. The zero-order chi connectivity index (χ0) is 12.6. The average molecular weight is 267 g/mol. The first-order chi connectivity index (χ1) is 7.18. The molecule has 7 nitrogen and oxygen atoms in total. The molecule has 0 amide bonds. The van der Waals surface area contributed by atoms with E-state index in [1.54, 1.807) is 0 Å². The summed E-state index contributed by atoms with van der Waals surface area (Å²) in [6.07, 6.45) is 0. The molecule has 0 fully saturated rings. The molecule has 0 saturated heterocycles. The van der Waals surface area contributed by atoms with Crippen molar-refractivity contribution < 1.29 is 30.7 Å². The second-order valence-corrected chi connectivity index (χ2v) is 5.37. The van der Waals surface area contributed by atoms with Gasteiger partial charge in [0.05, 0.1) is 7.11 Å². The molecular weight excluding hydrogens is 260 g/mol. The number of hydrogen-bond donors (Lipinski definition) is 2. The van der Waals surface area contributed by atoms with Gasteiger partial charge in [-0.25, -0.2) is 0 Å². The summed E-state index contributed by atoms with van der Waals surface area (Å²) in [6.45, 7) is 0. The molecule has 0 bridgehead atoms. The number of hydrogen-bond acceptors (Lipinski definition) is 5. The van der Waals surface area contributed by atoms with E-state index in [-0.39, 0.29) is 0 Å². The third-order valence-electron chi connectivity index (χ3n) is 1.61. The maximum absolute atomic E-state index is 11.0. The van der Waals surface area contributed by atoms with Crippen molar-refractivity contribution >= 4 is 20.2 Å². The van der Waals surface area contributed by atoms with Gasteiger partial charge in [0.15, 0.2) is 4.90 Å². The van der Waals surface area contributed by atoms with Gasteiger partial charge in [-0.2, -0.15) is 16.8 Å². The van der Waals surface area contributed by atoms with E-state index in [4.69, 9.17) is 9.11 Å². The monoisotopic (exact) mass is 267 g/mol. The highest BCUT2D eigenvalue weighted by molar-refractivity contribution is 7.89. The van der Waals surface area contributed by atoms with Crippen molar-refractivity contribution in [3.63, 3.8) is 0 Å². The fourth-order valence-corrected chi connectivity index (χ4v) is 2.93. The SMILES string of the molecule is COc1cc[c]c(S(=O)(=O)O)c1S(=O)(=O)O. The lowest BCUT2D eigenvalue weighted by atomic mass is 10.3. The molecule has 0 unspecified atom stereocenters. The normalized spacial score (nSPS) is 12.4. The average Bonchev–Trinajstić information content (AvgIpc) is 2.13. The lowest BCUT2D eigenvalue weighted by Crippen LogP contribution is -2.10. The van der Waals surface area contributed by atoms with E-state index in [0.717, 1.165) is 19.2 Å². The van der Waals surface area contributed by atoms with Gasteiger partial charge in [0, 0.05) is 6.07 Å². The van der Waals surface area contributed by atoms with Crippen molar-refractivity contribution in [2.24, 2.45) is 0 Å². The van der Waals surface area contributed by atoms with Crippen LogP contribution in [-0.2, 0) is 20.2 Å². The lowest BCUT2D eigenvalue weighted by Gasteiger charge is -2.08. The van der Waals surface area contributed by atoms with Crippen LogP contribution in [0.15, 0.2) is 21.9 Å². The Kier molecular flexibility index (Phi) is 3.24. The van der Waals surface area contributed by atoms with Gasteiger partial charge in [0.2, 0.25) is 0 Å². The first kappa shape index (κ1) is 12.9. The van der Waals surface area contributed by atoms with E-state index in [1.807, 2.05) is 6.07 Å². The van der Waals surface area contributed by atoms with Gasteiger partial charge in [-0.05, 0) is 12.1 Å². The summed E-state index contributed by atoms with van der Waals surface area (Å²) in [5.41, 5.74) is 0. The molecule has 16 heavy (non-hydrogen) atoms. The Balaban J connectivity index is 3.79. The number of methoxy groups -OCH3 is 1. The van der Waals surface area contributed by atoms with Crippen LogP contribution in [-0.4, -0.2) is 33.1 Å². The van der Waals surface area contributed by atoms with Gasteiger partial charge >= 0.3 is 0 Å². The fraction of sp³-hybridized carbons (Fsp3) is 0.143. The summed E-state index contributed by atoms with van der Waals surface area (Å²) in [6, 6.07) is 4.12. The van der Waals surface area contributed by atoms with Crippen LogP contribution in [0.5, 0.6) is 5.75 Å². The van der Waals surface area contributed by atoms with E-state index in [2.05, 4.69) is 4.74 Å². The van der Waals surface area contributed by atoms with Crippen molar-refractivity contribution in [1.82, 2.24) is 0 Å². The first-order valence-corrected chi connectivity index (χ1v) is 6.59. The van der Waals surface area contributed by atoms with E-state index in [9.17, 15) is 16.8 Å². The molecule has 1 aromatic rings. The molecule has 1 aromatic carbocycles. The van der Waals surface area contributed by atoms with Gasteiger partial charge < -0.3 is 4.74 Å². The fourth-order valence-electron chi connectivity index (χ4n) is 1.04. The smallest absolute Gasteiger partial charge is 0.299 e. The van der Waals surface area contributed by atoms with Gasteiger partial charge in [0.25, 0.3) is 20.2 Å². The molecule has 0 aromatic heterocycles. The molecule has 0 aliphatic carbocycles. The van der Waals surface area contributed by atoms with Crippen molar-refractivity contribution in [2.75, 3.05) is 7.11 Å². The number of benzene rings is 1. The van der Waals surface area contributed by atoms with Crippen LogP contribution in [0.3, 0.4) is 0 Å². The summed E-state index contributed by atoms with van der Waals surface area (Å²) in [7, 11) is -8.60. The molecule has 9 heteroatoms. The lowest BCUT2D eigenvalue weighted by molar-refractivity contribution is 0.391. The molecule has 0 spiro atoms. The van der Waals surface area contributed by atoms with E-state index in [0.29, 0.717) is 0 Å². The molecule has 89 valence electrons. The maximum atomic E-state index is 11.0. The Hall–Kier alpha value is -1.16. The first-order valence-electron chi connectivity index (χ1n) is 3.71. The summed E-state index contributed by atoms with van der Waals surface area (Å²) < 4.78 is 65.8. The molecule has 0 aliphatic rings. The highest BCUT2D eigenvalue weighted by Gasteiger charge is 2.28. The van der Waals surface area contributed by atoms with Crippen molar-refractivity contribution in [3.05, 3.63) is 18.2 Å². The van der Waals surface area contributed by atoms with Crippen LogP contribution >= 0.6 is 0 Å². The van der Waals surface area contributed by atoms with Crippen LogP contribution in [0, 0.1) is 6.07 Å². The van der Waals surface area contributed by atoms with Crippen LogP contribution in [0.25, 0.3) is 0 Å². The zero-order valence-electron chi connectivity index (χ0n) is 7.91. The van der Waals surface area contributed by atoms with Crippen LogP contribution in [0.1, 0.15) is 0 Å². The second kappa shape index (κ2) is 4.01. The van der Waals surface area contributed by atoms with Gasteiger partial charge in [-0.1, -0.05) is 0 Å². The molecule has 1 radical (unpaired) electrons. The molecular formula is C7H7O7S2. The summed E-state index contributed by atoms with van der Waals surface area (Å²) in [5.74, 6) is -0.408. The Morgan fingerprint density at radius 2 is 1.75 bits per heavy atom. The minimum Gasteiger partial charge on any atom is -0.495 e. The van der Waals surface area contributed by atoms with Crippen LogP contribution in [0.4, 0.5) is 0 Å². The van der Waals surface area contributed by atoms with Gasteiger partial charge in [-0.3, -0.25) is 9.11 Å². The molecule has 0 saturated carbocycles. The van der Waals surface area contributed by atoms with Crippen molar-refractivity contribution in [3.8, 4) is 5.75 Å². The highest BCUT2D eigenvalue weighted by Crippen LogP contribution is 2.29. The topological polar surface area (TPSA) is 118 Å². The predicted molar refractivity (Wildman–Crippen MR) is 51.5 cm³/mol. The molecule has 0 atom stereocenters. The largest absolute Gasteiger partial charge is 0.495 e. The van der Waals surface area contributed by atoms with E-state index in [1.165, 1.54) is 0 Å². The molecule has 2 N–H and O–H groups in total.